The molecule has 1 aliphatic heterocycles. The molecule has 1 heterocycles. The Morgan fingerprint density at radius 3 is 2.23 bits per heavy atom. The topological polar surface area (TPSA) is 225 Å². The second kappa shape index (κ2) is 11.4. The number of carboxylic acid groups (broad SMARTS) is 1. The number of primary amides is 1. The maximum absolute atomic E-state index is 12.8. The van der Waals surface area contributed by atoms with E-state index in [1.807, 2.05) is 0 Å². The van der Waals surface area contributed by atoms with E-state index < -0.39 is 66.5 Å². The van der Waals surface area contributed by atoms with Crippen molar-refractivity contribution < 1.29 is 39.3 Å². The van der Waals surface area contributed by atoms with Crippen molar-refractivity contribution in [3.8, 4) is 0 Å². The third-order valence-electron chi connectivity index (χ3n) is 4.75. The second-order valence-electron chi connectivity index (χ2n) is 7.10. The van der Waals surface area contributed by atoms with Crippen LogP contribution in [-0.2, 0) is 24.0 Å². The number of nitrogens with two attached hydrogens (primary N) is 2. The molecular formula is C17H29N5O8. The average molecular weight is 431 g/mol. The Bertz CT molecular complexity index is 671. The van der Waals surface area contributed by atoms with Gasteiger partial charge in [0.1, 0.15) is 24.2 Å². The number of hydrogen-bond acceptors (Lipinski definition) is 8. The van der Waals surface area contributed by atoms with Gasteiger partial charge in [0.05, 0.1) is 12.7 Å². The highest BCUT2D eigenvalue weighted by atomic mass is 16.4. The summed E-state index contributed by atoms with van der Waals surface area (Å²) in [7, 11) is 0. The fraction of sp³-hybridized carbons (Fsp3) is 0.706. The van der Waals surface area contributed by atoms with E-state index in [1.54, 1.807) is 0 Å². The maximum Gasteiger partial charge on any atom is 0.326 e. The summed E-state index contributed by atoms with van der Waals surface area (Å²) >= 11 is 0. The summed E-state index contributed by atoms with van der Waals surface area (Å²) in [4.78, 5) is 60.9. The summed E-state index contributed by atoms with van der Waals surface area (Å²) in [5.74, 6) is -4.47. The van der Waals surface area contributed by atoms with Crippen molar-refractivity contribution in [3.05, 3.63) is 0 Å². The molecule has 1 aliphatic rings. The minimum Gasteiger partial charge on any atom is -0.480 e. The van der Waals surface area contributed by atoms with Gasteiger partial charge in [-0.25, -0.2) is 4.79 Å². The molecule has 30 heavy (non-hydrogen) atoms. The van der Waals surface area contributed by atoms with Crippen molar-refractivity contribution in [2.75, 3.05) is 13.2 Å². The lowest BCUT2D eigenvalue weighted by Crippen LogP contribution is -2.59. The zero-order chi connectivity index (χ0) is 23.0. The van der Waals surface area contributed by atoms with Crippen LogP contribution in [0.5, 0.6) is 0 Å². The van der Waals surface area contributed by atoms with E-state index in [0.29, 0.717) is 6.42 Å². The van der Waals surface area contributed by atoms with Crippen molar-refractivity contribution in [2.45, 2.75) is 62.9 Å². The maximum atomic E-state index is 12.8. The number of aliphatic carboxylic acids is 1. The fourth-order valence-corrected chi connectivity index (χ4v) is 2.98. The van der Waals surface area contributed by atoms with E-state index in [9.17, 15) is 39.3 Å². The second-order valence-corrected chi connectivity index (χ2v) is 7.10. The Morgan fingerprint density at radius 1 is 1.13 bits per heavy atom. The van der Waals surface area contributed by atoms with Crippen LogP contribution in [0.25, 0.3) is 0 Å². The van der Waals surface area contributed by atoms with Gasteiger partial charge in [-0.3, -0.25) is 19.2 Å². The number of hydrogen-bond donors (Lipinski definition) is 7. The molecule has 9 N–H and O–H groups in total. The number of likely N-dealkylation sites (tertiary alicyclic amines) is 1. The quantitative estimate of drug-likeness (QED) is 0.169. The van der Waals surface area contributed by atoms with Crippen LogP contribution in [0.2, 0.25) is 0 Å². The number of nitrogens with one attached hydrogen (secondary N) is 2. The van der Waals surface area contributed by atoms with Crippen LogP contribution < -0.4 is 22.1 Å². The van der Waals surface area contributed by atoms with Crippen LogP contribution in [0.4, 0.5) is 0 Å². The lowest BCUT2D eigenvalue weighted by atomic mass is 10.1. The molecule has 0 radical (unpaired) electrons. The predicted molar refractivity (Wildman–Crippen MR) is 101 cm³/mol. The number of carbonyl (C=O) groups is 5. The SMILES string of the molecule is CC(O)C(N)C(=O)NC(CO)C(=O)NC(CCC(N)=O)C(=O)N1CCCC1C(=O)O. The highest BCUT2D eigenvalue weighted by molar-refractivity contribution is 5.94. The summed E-state index contributed by atoms with van der Waals surface area (Å²) in [6.07, 6.45) is -0.941. The number of amides is 4. The van der Waals surface area contributed by atoms with E-state index in [0.717, 1.165) is 4.90 Å². The summed E-state index contributed by atoms with van der Waals surface area (Å²) in [5.41, 5.74) is 10.6. The molecule has 13 nitrogen and oxygen atoms in total. The first-order valence-corrected chi connectivity index (χ1v) is 9.46. The third-order valence-corrected chi connectivity index (χ3v) is 4.75. The first-order valence-electron chi connectivity index (χ1n) is 9.46. The minimum atomic E-state index is -1.49. The van der Waals surface area contributed by atoms with Crippen molar-refractivity contribution >= 4 is 29.6 Å². The molecule has 0 spiro atoms. The minimum absolute atomic E-state index is 0.169. The van der Waals surface area contributed by atoms with Gasteiger partial charge in [-0.2, -0.15) is 0 Å². The molecule has 0 bridgehead atoms. The molecule has 170 valence electrons. The highest BCUT2D eigenvalue weighted by Gasteiger charge is 2.38. The molecule has 0 aliphatic carbocycles. The summed E-state index contributed by atoms with van der Waals surface area (Å²) in [6.45, 7) is 0.607. The van der Waals surface area contributed by atoms with Crippen LogP contribution in [0, 0.1) is 0 Å². The van der Waals surface area contributed by atoms with Gasteiger partial charge in [-0.05, 0) is 26.2 Å². The molecule has 1 rings (SSSR count). The molecule has 0 aromatic rings. The van der Waals surface area contributed by atoms with E-state index in [2.05, 4.69) is 10.6 Å². The van der Waals surface area contributed by atoms with Crippen LogP contribution in [0.3, 0.4) is 0 Å². The fourth-order valence-electron chi connectivity index (χ4n) is 2.98. The Morgan fingerprint density at radius 2 is 1.73 bits per heavy atom. The predicted octanol–water partition coefficient (Wildman–Crippen LogP) is -4.00. The van der Waals surface area contributed by atoms with Gasteiger partial charge in [0.15, 0.2) is 0 Å². The molecule has 1 saturated heterocycles. The molecule has 0 aromatic carbocycles. The van der Waals surface area contributed by atoms with Gasteiger partial charge in [-0.1, -0.05) is 0 Å². The van der Waals surface area contributed by atoms with E-state index >= 15 is 0 Å². The molecule has 0 saturated carbocycles. The number of carbonyl (C=O) groups excluding carboxylic acids is 4. The molecule has 5 unspecified atom stereocenters. The van der Waals surface area contributed by atoms with Gasteiger partial charge in [0.2, 0.25) is 23.6 Å². The third kappa shape index (κ3) is 6.93. The summed E-state index contributed by atoms with van der Waals surface area (Å²) in [5, 5.41) is 32.5. The monoisotopic (exact) mass is 431 g/mol. The zero-order valence-corrected chi connectivity index (χ0v) is 16.6. The smallest absolute Gasteiger partial charge is 0.326 e. The lowest BCUT2D eigenvalue weighted by molar-refractivity contribution is -0.149. The van der Waals surface area contributed by atoms with Gasteiger partial charge in [0, 0.05) is 13.0 Å². The Balaban J connectivity index is 2.92. The van der Waals surface area contributed by atoms with Crippen LogP contribution >= 0.6 is 0 Å². The lowest BCUT2D eigenvalue weighted by Gasteiger charge is -2.28. The van der Waals surface area contributed by atoms with Crippen molar-refractivity contribution in [2.24, 2.45) is 11.5 Å². The largest absolute Gasteiger partial charge is 0.480 e. The van der Waals surface area contributed by atoms with Gasteiger partial charge >= 0.3 is 5.97 Å². The molecule has 5 atom stereocenters. The standard InChI is InChI=1S/C17H29N5O8/c1-8(24)13(19)15(27)21-10(7-23)14(26)20-9(4-5-12(18)25)16(28)22-6-2-3-11(22)17(29)30/h8-11,13,23-24H,2-7,19H2,1H3,(H2,18,25)(H,20,26)(H,21,27)(H,29,30). The summed E-state index contributed by atoms with van der Waals surface area (Å²) < 4.78 is 0. The van der Waals surface area contributed by atoms with Crippen molar-refractivity contribution in [1.82, 2.24) is 15.5 Å². The van der Waals surface area contributed by atoms with E-state index in [1.165, 1.54) is 6.92 Å². The molecule has 0 aromatic heterocycles. The zero-order valence-electron chi connectivity index (χ0n) is 16.6. The van der Waals surface area contributed by atoms with Crippen LogP contribution in [-0.4, -0.2) is 93.2 Å². The van der Waals surface area contributed by atoms with E-state index in [-0.39, 0.29) is 25.8 Å². The van der Waals surface area contributed by atoms with Gasteiger partial charge in [0.25, 0.3) is 0 Å². The Kier molecular flexibility index (Phi) is 9.62. The average Bonchev–Trinajstić information content (AvgIpc) is 3.17. The number of nitrogens with zero attached hydrogens (tertiary/aromatic N) is 1. The molecule has 13 heteroatoms. The van der Waals surface area contributed by atoms with Gasteiger partial charge in [-0.15, -0.1) is 0 Å². The van der Waals surface area contributed by atoms with Crippen molar-refractivity contribution in [1.29, 1.82) is 0 Å². The summed E-state index contributed by atoms with van der Waals surface area (Å²) in [6, 6.07) is -5.18. The highest BCUT2D eigenvalue weighted by Crippen LogP contribution is 2.19. The molecule has 1 fully saturated rings. The number of aliphatic hydroxyl groups excluding tert-OH is 2. The van der Waals surface area contributed by atoms with Crippen molar-refractivity contribution in [3.63, 3.8) is 0 Å². The first kappa shape index (κ1) is 25.3. The number of carboxylic acids is 1. The van der Waals surface area contributed by atoms with Crippen LogP contribution in [0.15, 0.2) is 0 Å². The Hall–Kier alpha value is -2.77. The molecule has 4 amide bonds. The first-order chi connectivity index (χ1) is 14.0. The number of rotatable bonds is 11. The normalized spacial score (nSPS) is 20.0. The van der Waals surface area contributed by atoms with Gasteiger partial charge < -0.3 is 42.3 Å². The van der Waals surface area contributed by atoms with Crippen LogP contribution in [0.1, 0.15) is 32.6 Å². The Labute approximate surface area is 172 Å². The molecular weight excluding hydrogens is 402 g/mol. The van der Waals surface area contributed by atoms with E-state index in [4.69, 9.17) is 11.5 Å². The number of aliphatic hydroxyl groups is 2.